The highest BCUT2D eigenvalue weighted by molar-refractivity contribution is 6.09. The zero-order valence-corrected chi connectivity index (χ0v) is 14.4. The van der Waals surface area contributed by atoms with E-state index in [1.807, 2.05) is 32.9 Å². The molecule has 1 N–H and O–H groups in total. The SMILES string of the molecule is CC(C)(C)N1C(=O)C2(Cc3cc(C(=O)O)cnc3C2)c2cccnc21. The Morgan fingerprint density at radius 3 is 2.72 bits per heavy atom. The van der Waals surface area contributed by atoms with Gasteiger partial charge in [-0.1, -0.05) is 6.07 Å². The van der Waals surface area contributed by atoms with Crippen molar-refractivity contribution in [3.63, 3.8) is 0 Å². The number of nitrogens with zero attached hydrogens (tertiary/aromatic N) is 3. The van der Waals surface area contributed by atoms with Crippen molar-refractivity contribution >= 4 is 17.7 Å². The van der Waals surface area contributed by atoms with Crippen molar-refractivity contribution in [2.24, 2.45) is 0 Å². The number of aromatic carboxylic acids is 1. The molecule has 0 fully saturated rings. The summed E-state index contributed by atoms with van der Waals surface area (Å²) in [7, 11) is 0. The molecule has 4 rings (SSSR count). The quantitative estimate of drug-likeness (QED) is 0.863. The minimum Gasteiger partial charge on any atom is -0.478 e. The molecule has 2 aliphatic rings. The Bertz CT molecular complexity index is 916. The number of hydrogen-bond acceptors (Lipinski definition) is 4. The van der Waals surface area contributed by atoms with Crippen LogP contribution >= 0.6 is 0 Å². The normalized spacial score (nSPS) is 21.6. The molecule has 0 bridgehead atoms. The van der Waals surface area contributed by atoms with Crippen molar-refractivity contribution < 1.29 is 14.7 Å². The Kier molecular flexibility index (Phi) is 3.07. The number of hydrogen-bond donors (Lipinski definition) is 1. The van der Waals surface area contributed by atoms with Gasteiger partial charge in [-0.2, -0.15) is 0 Å². The van der Waals surface area contributed by atoms with Gasteiger partial charge in [0.15, 0.2) is 0 Å². The van der Waals surface area contributed by atoms with Gasteiger partial charge in [0.25, 0.3) is 0 Å². The molecular weight excluding hydrogens is 318 g/mol. The topological polar surface area (TPSA) is 83.4 Å². The first-order valence-electron chi connectivity index (χ1n) is 8.25. The number of fused-ring (bicyclic) bond motifs is 3. The third kappa shape index (κ3) is 2.10. The number of carboxylic acid groups (broad SMARTS) is 1. The van der Waals surface area contributed by atoms with Crippen molar-refractivity contribution in [1.82, 2.24) is 9.97 Å². The first kappa shape index (κ1) is 15.7. The average molecular weight is 337 g/mol. The molecule has 1 atom stereocenters. The summed E-state index contributed by atoms with van der Waals surface area (Å²) in [6, 6.07) is 5.44. The summed E-state index contributed by atoms with van der Waals surface area (Å²) in [4.78, 5) is 35.3. The lowest BCUT2D eigenvalue weighted by molar-refractivity contribution is -0.123. The number of rotatable bonds is 1. The summed E-state index contributed by atoms with van der Waals surface area (Å²) in [6.07, 6.45) is 4.00. The van der Waals surface area contributed by atoms with Crippen LogP contribution in [-0.4, -0.2) is 32.5 Å². The Labute approximate surface area is 145 Å². The Hall–Kier alpha value is -2.76. The van der Waals surface area contributed by atoms with E-state index in [1.165, 1.54) is 6.20 Å². The lowest BCUT2D eigenvalue weighted by Crippen LogP contribution is -2.49. The maximum absolute atomic E-state index is 13.5. The fraction of sp³-hybridized carbons (Fsp3) is 0.368. The second-order valence-electron chi connectivity index (χ2n) is 7.76. The molecule has 128 valence electrons. The number of carboxylic acids is 1. The van der Waals surface area contributed by atoms with Gasteiger partial charge in [-0.25, -0.2) is 9.78 Å². The molecule has 25 heavy (non-hydrogen) atoms. The van der Waals surface area contributed by atoms with Gasteiger partial charge >= 0.3 is 5.97 Å². The molecule has 0 aromatic carbocycles. The summed E-state index contributed by atoms with van der Waals surface area (Å²) in [5.74, 6) is -0.290. The van der Waals surface area contributed by atoms with E-state index in [-0.39, 0.29) is 11.5 Å². The van der Waals surface area contributed by atoms with E-state index in [2.05, 4.69) is 9.97 Å². The largest absolute Gasteiger partial charge is 0.478 e. The molecule has 1 unspecified atom stereocenters. The first-order valence-corrected chi connectivity index (χ1v) is 8.25. The molecule has 3 heterocycles. The van der Waals surface area contributed by atoms with E-state index < -0.39 is 16.9 Å². The standard InChI is InChI=1S/C19H19N3O3/c1-18(2,3)22-15-13(5-4-6-20-15)19(17(22)25)8-11-7-12(16(23)24)10-21-14(11)9-19/h4-7,10H,8-9H2,1-3H3,(H,23,24). The monoisotopic (exact) mass is 337 g/mol. The molecular formula is C19H19N3O3. The molecule has 2 aromatic rings. The van der Waals surface area contributed by atoms with Gasteiger partial charge in [0.05, 0.1) is 11.0 Å². The van der Waals surface area contributed by atoms with Crippen molar-refractivity contribution in [3.8, 4) is 0 Å². The van der Waals surface area contributed by atoms with Crippen molar-refractivity contribution in [2.75, 3.05) is 4.90 Å². The van der Waals surface area contributed by atoms with Gasteiger partial charge < -0.3 is 5.11 Å². The number of anilines is 1. The number of pyridine rings is 2. The number of aromatic nitrogens is 2. The Morgan fingerprint density at radius 2 is 2.04 bits per heavy atom. The lowest BCUT2D eigenvalue weighted by Gasteiger charge is -2.33. The molecule has 0 saturated heterocycles. The predicted molar refractivity (Wildman–Crippen MR) is 91.8 cm³/mol. The summed E-state index contributed by atoms with van der Waals surface area (Å²) in [6.45, 7) is 5.97. The highest BCUT2D eigenvalue weighted by atomic mass is 16.4. The van der Waals surface area contributed by atoms with E-state index in [0.717, 1.165) is 16.8 Å². The van der Waals surface area contributed by atoms with Crippen LogP contribution in [0.25, 0.3) is 0 Å². The smallest absolute Gasteiger partial charge is 0.337 e. The molecule has 6 nitrogen and oxygen atoms in total. The maximum atomic E-state index is 13.5. The Morgan fingerprint density at radius 1 is 1.28 bits per heavy atom. The summed E-state index contributed by atoms with van der Waals surface area (Å²) in [5.41, 5.74) is 1.56. The molecule has 0 radical (unpaired) electrons. The highest BCUT2D eigenvalue weighted by Gasteiger charge is 2.57. The van der Waals surface area contributed by atoms with Gasteiger partial charge in [-0.3, -0.25) is 14.7 Å². The molecule has 2 aromatic heterocycles. The number of amides is 1. The maximum Gasteiger partial charge on any atom is 0.337 e. The molecule has 1 aliphatic heterocycles. The van der Waals surface area contributed by atoms with Crippen molar-refractivity contribution in [3.05, 3.63) is 53.0 Å². The van der Waals surface area contributed by atoms with Crippen LogP contribution in [0.5, 0.6) is 0 Å². The van der Waals surface area contributed by atoms with Gasteiger partial charge in [0, 0.05) is 35.6 Å². The average Bonchev–Trinajstić information content (AvgIpc) is 3.03. The van der Waals surface area contributed by atoms with Crippen LogP contribution in [0.4, 0.5) is 5.82 Å². The molecule has 6 heteroatoms. The van der Waals surface area contributed by atoms with Crippen molar-refractivity contribution in [2.45, 2.75) is 44.6 Å². The second kappa shape index (κ2) is 4.88. The van der Waals surface area contributed by atoms with Crippen LogP contribution < -0.4 is 4.90 Å². The highest BCUT2D eigenvalue weighted by Crippen LogP contribution is 2.50. The third-order valence-electron chi connectivity index (χ3n) is 5.07. The minimum absolute atomic E-state index is 0.0172. The summed E-state index contributed by atoms with van der Waals surface area (Å²) >= 11 is 0. The number of carbonyl (C=O) groups is 2. The molecule has 1 aliphatic carbocycles. The van der Waals surface area contributed by atoms with Crippen LogP contribution in [0.1, 0.15) is 48.0 Å². The van der Waals surface area contributed by atoms with E-state index in [0.29, 0.717) is 18.7 Å². The van der Waals surface area contributed by atoms with Crippen LogP contribution in [0.3, 0.4) is 0 Å². The van der Waals surface area contributed by atoms with E-state index in [4.69, 9.17) is 0 Å². The summed E-state index contributed by atoms with van der Waals surface area (Å²) in [5, 5.41) is 9.21. The van der Waals surface area contributed by atoms with Gasteiger partial charge in [-0.15, -0.1) is 0 Å². The lowest BCUT2D eigenvalue weighted by atomic mass is 9.79. The zero-order chi connectivity index (χ0) is 18.0. The van der Waals surface area contributed by atoms with Crippen LogP contribution in [-0.2, 0) is 23.1 Å². The van der Waals surface area contributed by atoms with E-state index in [1.54, 1.807) is 17.2 Å². The van der Waals surface area contributed by atoms with Crippen LogP contribution in [0, 0.1) is 0 Å². The van der Waals surface area contributed by atoms with Crippen LogP contribution in [0.2, 0.25) is 0 Å². The predicted octanol–water partition coefficient (Wildman–Crippen LogP) is 2.36. The fourth-order valence-corrected chi connectivity index (χ4v) is 3.98. The van der Waals surface area contributed by atoms with E-state index in [9.17, 15) is 14.7 Å². The van der Waals surface area contributed by atoms with Gasteiger partial charge in [0.1, 0.15) is 5.82 Å². The van der Waals surface area contributed by atoms with Gasteiger partial charge in [-0.05, 0) is 44.9 Å². The fourth-order valence-electron chi connectivity index (χ4n) is 3.98. The Balaban J connectivity index is 1.86. The summed E-state index contributed by atoms with van der Waals surface area (Å²) < 4.78 is 0. The minimum atomic E-state index is -1.01. The molecule has 0 saturated carbocycles. The molecule has 1 amide bonds. The zero-order valence-electron chi connectivity index (χ0n) is 14.4. The first-order chi connectivity index (χ1) is 11.7. The van der Waals surface area contributed by atoms with E-state index >= 15 is 0 Å². The molecule has 1 spiro atoms. The van der Waals surface area contributed by atoms with Crippen molar-refractivity contribution in [1.29, 1.82) is 0 Å². The third-order valence-corrected chi connectivity index (χ3v) is 5.07. The second-order valence-corrected chi connectivity index (χ2v) is 7.76. The number of carbonyl (C=O) groups excluding carboxylic acids is 1. The van der Waals surface area contributed by atoms with Gasteiger partial charge in [0.2, 0.25) is 5.91 Å². The van der Waals surface area contributed by atoms with Crippen LogP contribution in [0.15, 0.2) is 30.6 Å².